The van der Waals surface area contributed by atoms with E-state index in [-0.39, 0.29) is 37.7 Å². The van der Waals surface area contributed by atoms with Crippen LogP contribution in [0.4, 0.5) is 5.69 Å². The van der Waals surface area contributed by atoms with Gasteiger partial charge in [0.15, 0.2) is 0 Å². The van der Waals surface area contributed by atoms with Gasteiger partial charge < -0.3 is 10.2 Å². The van der Waals surface area contributed by atoms with Gasteiger partial charge in [-0.3, -0.25) is 13.9 Å². The van der Waals surface area contributed by atoms with Crippen molar-refractivity contribution in [2.45, 2.75) is 65.0 Å². The van der Waals surface area contributed by atoms with Crippen LogP contribution in [0.1, 0.15) is 56.2 Å². The van der Waals surface area contributed by atoms with Gasteiger partial charge in [-0.05, 0) is 60.2 Å². The molecule has 0 bridgehead atoms. The van der Waals surface area contributed by atoms with Crippen LogP contribution in [-0.4, -0.2) is 50.5 Å². The molecule has 1 unspecified atom stereocenters. The molecule has 232 valence electrons. The van der Waals surface area contributed by atoms with Crippen molar-refractivity contribution in [1.29, 1.82) is 0 Å². The molecule has 0 aliphatic heterocycles. The molecule has 0 fully saturated rings. The molecular weight excluding hydrogens is 605 g/mol. The standard InChI is InChI=1S/C33H41Cl2N3O4S/c1-4-6-20-36-33(40)31(23-26-11-8-7-9-12-26)37(24-27-16-19-29(34)30(35)22-27)32(39)13-10-21-38(43(3,41)42)28-17-14-25(5-2)15-18-28/h7-9,11-12,14-19,22,31H,4-6,10,13,20-21,23-24H2,1-3H3,(H,36,40). The third kappa shape index (κ3) is 10.6. The summed E-state index contributed by atoms with van der Waals surface area (Å²) in [5, 5.41) is 3.76. The van der Waals surface area contributed by atoms with Crippen LogP contribution >= 0.6 is 23.2 Å². The van der Waals surface area contributed by atoms with Crippen molar-refractivity contribution in [2.24, 2.45) is 0 Å². The maximum atomic E-state index is 13.9. The van der Waals surface area contributed by atoms with Gasteiger partial charge in [-0.15, -0.1) is 0 Å². The van der Waals surface area contributed by atoms with Crippen LogP contribution < -0.4 is 9.62 Å². The Kier molecular flexibility index (Phi) is 13.4. The molecule has 3 rings (SSSR count). The van der Waals surface area contributed by atoms with Gasteiger partial charge in [0, 0.05) is 32.5 Å². The Bertz CT molecular complexity index is 1450. The van der Waals surface area contributed by atoms with E-state index in [1.165, 1.54) is 4.31 Å². The van der Waals surface area contributed by atoms with Gasteiger partial charge in [-0.25, -0.2) is 8.42 Å². The van der Waals surface area contributed by atoms with Crippen molar-refractivity contribution in [2.75, 3.05) is 23.7 Å². The molecule has 0 aromatic heterocycles. The van der Waals surface area contributed by atoms with Crippen molar-refractivity contribution in [3.63, 3.8) is 0 Å². The van der Waals surface area contributed by atoms with Crippen LogP contribution in [-0.2, 0) is 39.0 Å². The number of carbonyl (C=O) groups is 2. The van der Waals surface area contributed by atoms with Gasteiger partial charge in [0.05, 0.1) is 22.0 Å². The Morgan fingerprint density at radius 3 is 2.14 bits per heavy atom. The smallest absolute Gasteiger partial charge is 0.243 e. The molecule has 43 heavy (non-hydrogen) atoms. The summed E-state index contributed by atoms with van der Waals surface area (Å²) < 4.78 is 26.7. The maximum absolute atomic E-state index is 13.9. The third-order valence-electron chi connectivity index (χ3n) is 7.22. The quantitative estimate of drug-likeness (QED) is 0.177. The van der Waals surface area contributed by atoms with Crippen LogP contribution in [0.3, 0.4) is 0 Å². The molecule has 2 amide bonds. The number of hydrogen-bond donors (Lipinski definition) is 1. The largest absolute Gasteiger partial charge is 0.354 e. The normalized spacial score (nSPS) is 12.0. The molecule has 1 N–H and O–H groups in total. The SMILES string of the molecule is CCCCNC(=O)C(Cc1ccccc1)N(Cc1ccc(Cl)c(Cl)c1)C(=O)CCCN(c1ccc(CC)cc1)S(C)(=O)=O. The number of amides is 2. The van der Waals surface area contributed by atoms with E-state index in [2.05, 4.69) is 5.32 Å². The number of sulfonamides is 1. The fraction of sp³-hybridized carbons (Fsp3) is 0.394. The van der Waals surface area contributed by atoms with Crippen LogP contribution in [0.2, 0.25) is 10.0 Å². The van der Waals surface area contributed by atoms with Gasteiger partial charge in [0.25, 0.3) is 0 Å². The number of nitrogens with zero attached hydrogens (tertiary/aromatic N) is 2. The lowest BCUT2D eigenvalue weighted by atomic mass is 10.0. The molecule has 0 radical (unpaired) electrons. The number of benzene rings is 3. The summed E-state index contributed by atoms with van der Waals surface area (Å²) in [4.78, 5) is 29.1. The minimum absolute atomic E-state index is 0.0495. The minimum Gasteiger partial charge on any atom is -0.354 e. The van der Waals surface area contributed by atoms with E-state index < -0.39 is 16.1 Å². The zero-order chi connectivity index (χ0) is 31.4. The average Bonchev–Trinajstić information content (AvgIpc) is 2.99. The molecule has 0 aliphatic rings. The van der Waals surface area contributed by atoms with Crippen molar-refractivity contribution >= 4 is 50.7 Å². The first-order valence-corrected chi connectivity index (χ1v) is 17.3. The monoisotopic (exact) mass is 645 g/mol. The van der Waals surface area contributed by atoms with Crippen LogP contribution in [0.15, 0.2) is 72.8 Å². The highest BCUT2D eigenvalue weighted by Gasteiger charge is 2.30. The Morgan fingerprint density at radius 1 is 0.860 bits per heavy atom. The number of aryl methyl sites for hydroxylation is 1. The number of unbranched alkanes of at least 4 members (excludes halogenated alkanes) is 1. The van der Waals surface area contributed by atoms with Crippen molar-refractivity contribution in [3.05, 3.63) is 99.5 Å². The Hall–Kier alpha value is -3.07. The zero-order valence-corrected chi connectivity index (χ0v) is 27.4. The molecule has 0 aliphatic carbocycles. The second-order valence-corrected chi connectivity index (χ2v) is 13.3. The van der Waals surface area contributed by atoms with Gasteiger partial charge >= 0.3 is 0 Å². The molecule has 3 aromatic carbocycles. The zero-order valence-electron chi connectivity index (χ0n) is 25.1. The fourth-order valence-electron chi connectivity index (χ4n) is 4.80. The van der Waals surface area contributed by atoms with Crippen molar-refractivity contribution in [1.82, 2.24) is 10.2 Å². The second-order valence-electron chi connectivity index (χ2n) is 10.6. The molecular formula is C33H41Cl2N3O4S. The van der Waals surface area contributed by atoms with Crippen molar-refractivity contribution < 1.29 is 18.0 Å². The van der Waals surface area contributed by atoms with Crippen molar-refractivity contribution in [3.8, 4) is 0 Å². The summed E-state index contributed by atoms with van der Waals surface area (Å²) in [5.74, 6) is -0.494. The summed E-state index contributed by atoms with van der Waals surface area (Å²) >= 11 is 12.4. The molecule has 0 spiro atoms. The lowest BCUT2D eigenvalue weighted by Gasteiger charge is -2.32. The van der Waals surface area contributed by atoms with Crippen LogP contribution in [0.25, 0.3) is 0 Å². The lowest BCUT2D eigenvalue weighted by Crippen LogP contribution is -2.50. The minimum atomic E-state index is -3.58. The van der Waals surface area contributed by atoms with E-state index in [1.54, 1.807) is 35.2 Å². The number of halogens is 2. The summed E-state index contributed by atoms with van der Waals surface area (Å²) in [6, 6.07) is 21.3. The Labute approximate surface area is 266 Å². The Balaban J connectivity index is 1.88. The number of rotatable bonds is 16. The van der Waals surface area contributed by atoms with E-state index in [0.29, 0.717) is 28.7 Å². The highest BCUT2D eigenvalue weighted by atomic mass is 35.5. The number of carbonyl (C=O) groups excluding carboxylic acids is 2. The third-order valence-corrected chi connectivity index (χ3v) is 9.16. The highest BCUT2D eigenvalue weighted by Crippen LogP contribution is 2.25. The van der Waals surface area contributed by atoms with Gasteiger partial charge in [0.1, 0.15) is 6.04 Å². The van der Waals surface area contributed by atoms with E-state index in [4.69, 9.17) is 23.2 Å². The van der Waals surface area contributed by atoms with E-state index in [9.17, 15) is 18.0 Å². The molecule has 0 saturated heterocycles. The van der Waals surface area contributed by atoms with Gasteiger partial charge in [-0.2, -0.15) is 0 Å². The molecule has 0 saturated carbocycles. The predicted molar refractivity (Wildman–Crippen MR) is 176 cm³/mol. The first-order valence-electron chi connectivity index (χ1n) is 14.6. The predicted octanol–water partition coefficient (Wildman–Crippen LogP) is 6.66. The van der Waals surface area contributed by atoms with Gasteiger partial charge in [-0.1, -0.05) is 92.0 Å². The molecule has 10 heteroatoms. The maximum Gasteiger partial charge on any atom is 0.243 e. The molecule has 3 aromatic rings. The molecule has 7 nitrogen and oxygen atoms in total. The molecule has 1 atom stereocenters. The summed E-state index contributed by atoms with van der Waals surface area (Å²) in [5.41, 5.74) is 3.31. The summed E-state index contributed by atoms with van der Waals surface area (Å²) in [6.45, 7) is 4.86. The van der Waals surface area contributed by atoms with Gasteiger partial charge in [0.2, 0.25) is 21.8 Å². The number of hydrogen-bond acceptors (Lipinski definition) is 4. The fourth-order valence-corrected chi connectivity index (χ4v) is 6.08. The number of anilines is 1. The number of nitrogens with one attached hydrogen (secondary N) is 1. The van der Waals surface area contributed by atoms with E-state index in [0.717, 1.165) is 42.2 Å². The van der Waals surface area contributed by atoms with E-state index >= 15 is 0 Å². The first kappa shape index (κ1) is 34.4. The average molecular weight is 647 g/mol. The summed E-state index contributed by atoms with van der Waals surface area (Å²) in [7, 11) is -3.58. The van der Waals surface area contributed by atoms with Crippen LogP contribution in [0.5, 0.6) is 0 Å². The second kappa shape index (κ2) is 16.7. The lowest BCUT2D eigenvalue weighted by molar-refractivity contribution is -0.141. The van der Waals surface area contributed by atoms with Crippen LogP contribution in [0, 0.1) is 0 Å². The molecule has 0 heterocycles. The summed E-state index contributed by atoms with van der Waals surface area (Å²) in [6.07, 6.45) is 4.40. The van der Waals surface area contributed by atoms with E-state index in [1.807, 2.05) is 56.3 Å². The first-order chi connectivity index (χ1) is 20.5. The highest BCUT2D eigenvalue weighted by molar-refractivity contribution is 7.92. The topological polar surface area (TPSA) is 86.8 Å². The Morgan fingerprint density at radius 2 is 1.53 bits per heavy atom.